The molecule has 1 aliphatic heterocycles. The fourth-order valence-electron chi connectivity index (χ4n) is 1.62. The minimum Gasteiger partial charge on any atom is -0.344 e. The molecule has 0 aromatic carbocycles. The molecule has 0 saturated carbocycles. The lowest BCUT2D eigenvalue weighted by Crippen LogP contribution is -2.47. The second kappa shape index (κ2) is 4.45. The van der Waals surface area contributed by atoms with Crippen LogP contribution >= 0.6 is 0 Å². The van der Waals surface area contributed by atoms with Crippen LogP contribution in [0.15, 0.2) is 24.3 Å². The van der Waals surface area contributed by atoms with Crippen LogP contribution in [0.2, 0.25) is 0 Å². The molecule has 1 unspecified atom stereocenters. The number of amides is 1. The predicted octanol–water partition coefficient (Wildman–Crippen LogP) is 2.42. The Morgan fingerprint density at radius 3 is 3.07 bits per heavy atom. The Balaban J connectivity index is 2.83. The van der Waals surface area contributed by atoms with Crippen molar-refractivity contribution in [3.8, 4) is 0 Å². The molecule has 14 heavy (non-hydrogen) atoms. The van der Waals surface area contributed by atoms with Crippen LogP contribution < -0.4 is 5.32 Å². The summed E-state index contributed by atoms with van der Waals surface area (Å²) in [5.41, 5.74) is -0.198. The van der Waals surface area contributed by atoms with Crippen LogP contribution in [-0.2, 0) is 4.79 Å². The van der Waals surface area contributed by atoms with Gasteiger partial charge >= 0.3 is 0 Å². The lowest BCUT2D eigenvalue weighted by molar-refractivity contribution is -0.117. The smallest absolute Gasteiger partial charge is 0.244 e. The van der Waals surface area contributed by atoms with Gasteiger partial charge in [-0.25, -0.2) is 0 Å². The SMILES string of the molecule is CC/C=C\[C@]1(C)NC(=O)C=CCC1C. The van der Waals surface area contributed by atoms with Gasteiger partial charge in [0.05, 0.1) is 5.54 Å². The largest absolute Gasteiger partial charge is 0.344 e. The van der Waals surface area contributed by atoms with Crippen molar-refractivity contribution in [3.05, 3.63) is 24.3 Å². The van der Waals surface area contributed by atoms with Gasteiger partial charge in [0.25, 0.3) is 0 Å². The summed E-state index contributed by atoms with van der Waals surface area (Å²) in [5, 5.41) is 3.03. The average molecular weight is 193 g/mol. The third kappa shape index (κ3) is 2.47. The van der Waals surface area contributed by atoms with Crippen LogP contribution in [0.3, 0.4) is 0 Å². The van der Waals surface area contributed by atoms with E-state index in [1.54, 1.807) is 6.08 Å². The zero-order valence-corrected chi connectivity index (χ0v) is 9.21. The van der Waals surface area contributed by atoms with Crippen molar-refractivity contribution < 1.29 is 4.79 Å². The van der Waals surface area contributed by atoms with Crippen LogP contribution in [0.25, 0.3) is 0 Å². The van der Waals surface area contributed by atoms with E-state index in [0.29, 0.717) is 5.92 Å². The normalized spacial score (nSPS) is 33.1. The lowest BCUT2D eigenvalue weighted by Gasteiger charge is -2.31. The fourth-order valence-corrected chi connectivity index (χ4v) is 1.62. The van der Waals surface area contributed by atoms with Crippen LogP contribution in [0, 0.1) is 5.92 Å². The molecule has 1 heterocycles. The molecule has 0 radical (unpaired) electrons. The molecule has 0 aromatic heterocycles. The molecule has 1 rings (SSSR count). The first-order chi connectivity index (χ1) is 6.58. The Kier molecular flexibility index (Phi) is 3.50. The first-order valence-electron chi connectivity index (χ1n) is 5.25. The first kappa shape index (κ1) is 11.0. The van der Waals surface area contributed by atoms with Gasteiger partial charge in [-0.05, 0) is 31.8 Å². The molecule has 1 N–H and O–H groups in total. The van der Waals surface area contributed by atoms with E-state index in [2.05, 4.69) is 38.2 Å². The average Bonchev–Trinajstić information content (AvgIpc) is 2.25. The molecule has 1 aliphatic rings. The molecular weight excluding hydrogens is 174 g/mol. The van der Waals surface area contributed by atoms with Gasteiger partial charge in [-0.1, -0.05) is 32.1 Å². The maximum absolute atomic E-state index is 11.4. The predicted molar refractivity (Wildman–Crippen MR) is 58.9 cm³/mol. The van der Waals surface area contributed by atoms with Gasteiger partial charge in [0.15, 0.2) is 0 Å². The molecule has 2 atom stereocenters. The number of allylic oxidation sites excluding steroid dienone is 2. The highest BCUT2D eigenvalue weighted by molar-refractivity contribution is 5.88. The van der Waals surface area contributed by atoms with E-state index in [1.807, 2.05) is 6.08 Å². The van der Waals surface area contributed by atoms with Gasteiger partial charge in [-0.2, -0.15) is 0 Å². The molecule has 0 fully saturated rings. The molecule has 1 amide bonds. The van der Waals surface area contributed by atoms with Crippen molar-refractivity contribution in [3.63, 3.8) is 0 Å². The summed E-state index contributed by atoms with van der Waals surface area (Å²) in [4.78, 5) is 11.4. The summed E-state index contributed by atoms with van der Waals surface area (Å²) in [6, 6.07) is 0. The Morgan fingerprint density at radius 2 is 2.43 bits per heavy atom. The number of hydrogen-bond acceptors (Lipinski definition) is 1. The third-order valence-corrected chi connectivity index (χ3v) is 2.87. The van der Waals surface area contributed by atoms with Gasteiger partial charge in [0.2, 0.25) is 5.91 Å². The van der Waals surface area contributed by atoms with Gasteiger partial charge in [0, 0.05) is 0 Å². The van der Waals surface area contributed by atoms with E-state index in [9.17, 15) is 4.79 Å². The second-order valence-electron chi connectivity index (χ2n) is 4.12. The summed E-state index contributed by atoms with van der Waals surface area (Å²) in [6.45, 7) is 6.34. The number of nitrogens with one attached hydrogen (secondary N) is 1. The molecule has 0 aromatic rings. The molecular formula is C12H19NO. The van der Waals surface area contributed by atoms with Crippen LogP contribution in [0.1, 0.15) is 33.6 Å². The highest BCUT2D eigenvalue weighted by atomic mass is 16.1. The zero-order chi connectivity index (χ0) is 10.6. The van der Waals surface area contributed by atoms with Crippen molar-refractivity contribution in [2.24, 2.45) is 5.92 Å². The summed E-state index contributed by atoms with van der Waals surface area (Å²) < 4.78 is 0. The van der Waals surface area contributed by atoms with Crippen molar-refractivity contribution in [2.45, 2.75) is 39.2 Å². The third-order valence-electron chi connectivity index (χ3n) is 2.87. The van der Waals surface area contributed by atoms with Crippen LogP contribution in [-0.4, -0.2) is 11.4 Å². The second-order valence-corrected chi connectivity index (χ2v) is 4.12. The number of carbonyl (C=O) groups is 1. The molecule has 0 aliphatic carbocycles. The molecule has 78 valence electrons. The number of rotatable bonds is 2. The topological polar surface area (TPSA) is 29.1 Å². The van der Waals surface area contributed by atoms with Crippen molar-refractivity contribution in [2.75, 3.05) is 0 Å². The number of hydrogen-bond donors (Lipinski definition) is 1. The summed E-state index contributed by atoms with van der Waals surface area (Å²) >= 11 is 0. The summed E-state index contributed by atoms with van der Waals surface area (Å²) in [5.74, 6) is 0.450. The van der Waals surface area contributed by atoms with Gasteiger partial charge < -0.3 is 5.32 Å². The van der Waals surface area contributed by atoms with E-state index >= 15 is 0 Å². The monoisotopic (exact) mass is 193 g/mol. The van der Waals surface area contributed by atoms with Crippen LogP contribution in [0.4, 0.5) is 0 Å². The van der Waals surface area contributed by atoms with E-state index in [1.165, 1.54) is 0 Å². The quantitative estimate of drug-likeness (QED) is 0.670. The molecule has 0 bridgehead atoms. The fraction of sp³-hybridized carbons (Fsp3) is 0.583. The standard InChI is InChI=1S/C12H19NO/c1-4-5-9-12(3)10(2)7-6-8-11(14)13-12/h5-6,8-10H,4,7H2,1-3H3,(H,13,14)/b9-5-/t10?,12-/m0/s1. The summed E-state index contributed by atoms with van der Waals surface area (Å²) in [7, 11) is 0. The highest BCUT2D eigenvalue weighted by Gasteiger charge is 2.30. The van der Waals surface area contributed by atoms with Crippen LogP contribution in [0.5, 0.6) is 0 Å². The Bertz CT molecular complexity index is 267. The Hall–Kier alpha value is -1.05. The number of carbonyl (C=O) groups excluding carboxylic acids is 1. The minimum atomic E-state index is -0.198. The van der Waals surface area contributed by atoms with E-state index in [0.717, 1.165) is 12.8 Å². The first-order valence-corrected chi connectivity index (χ1v) is 5.25. The molecule has 2 nitrogen and oxygen atoms in total. The van der Waals surface area contributed by atoms with Gasteiger partial charge in [-0.3, -0.25) is 4.79 Å². The minimum absolute atomic E-state index is 0.0117. The molecule has 0 spiro atoms. The van der Waals surface area contributed by atoms with Gasteiger partial charge in [0.1, 0.15) is 0 Å². The van der Waals surface area contributed by atoms with Crippen molar-refractivity contribution >= 4 is 5.91 Å². The van der Waals surface area contributed by atoms with E-state index in [4.69, 9.17) is 0 Å². The molecule has 2 heteroatoms. The zero-order valence-electron chi connectivity index (χ0n) is 9.21. The highest BCUT2D eigenvalue weighted by Crippen LogP contribution is 2.24. The maximum atomic E-state index is 11.4. The van der Waals surface area contributed by atoms with E-state index < -0.39 is 0 Å². The van der Waals surface area contributed by atoms with Crippen molar-refractivity contribution in [1.29, 1.82) is 0 Å². The van der Waals surface area contributed by atoms with Crippen molar-refractivity contribution in [1.82, 2.24) is 5.32 Å². The van der Waals surface area contributed by atoms with E-state index in [-0.39, 0.29) is 11.4 Å². The summed E-state index contributed by atoms with van der Waals surface area (Å²) in [6.07, 6.45) is 9.76. The Morgan fingerprint density at radius 1 is 1.71 bits per heavy atom. The molecule has 0 saturated heterocycles. The van der Waals surface area contributed by atoms with Gasteiger partial charge in [-0.15, -0.1) is 0 Å². The lowest BCUT2D eigenvalue weighted by atomic mass is 9.84. The maximum Gasteiger partial charge on any atom is 0.244 e. The Labute approximate surface area is 86.1 Å².